The van der Waals surface area contributed by atoms with Gasteiger partial charge in [-0.1, -0.05) is 6.07 Å². The van der Waals surface area contributed by atoms with Crippen molar-refractivity contribution in [2.24, 2.45) is 0 Å². The molecule has 0 aliphatic carbocycles. The zero-order chi connectivity index (χ0) is 11.0. The van der Waals surface area contributed by atoms with E-state index in [1.165, 1.54) is 17.0 Å². The zero-order valence-corrected chi connectivity index (χ0v) is 8.68. The molecule has 5 heteroatoms. The Balaban J connectivity index is 2.38. The Morgan fingerprint density at radius 3 is 2.73 bits per heavy atom. The smallest absolute Gasteiger partial charge is 0.228 e. The van der Waals surface area contributed by atoms with E-state index >= 15 is 0 Å². The molecule has 1 aliphatic rings. The third-order valence-corrected chi connectivity index (χ3v) is 2.67. The first-order valence-corrected chi connectivity index (χ1v) is 5.03. The Morgan fingerprint density at radius 2 is 2.13 bits per heavy atom. The maximum absolute atomic E-state index is 13.4. The largest absolute Gasteiger partial charge is 0.308 e. The number of nitrogens with zero attached hydrogens (tertiary/aromatic N) is 1. The second-order valence-corrected chi connectivity index (χ2v) is 4.17. The van der Waals surface area contributed by atoms with E-state index in [-0.39, 0.29) is 23.3 Å². The molecular weight excluding hydrogens is 220 g/mol. The highest BCUT2D eigenvalue weighted by atomic mass is 32.1. The van der Waals surface area contributed by atoms with Crippen molar-refractivity contribution in [2.45, 2.75) is 11.7 Å². The van der Waals surface area contributed by atoms with Gasteiger partial charge in [-0.25, -0.2) is 8.78 Å². The molecular formula is C10H9F2NOS. The van der Waals surface area contributed by atoms with Crippen LogP contribution in [0.15, 0.2) is 18.2 Å². The van der Waals surface area contributed by atoms with Crippen LogP contribution in [-0.2, 0) is 4.79 Å². The van der Waals surface area contributed by atoms with Gasteiger partial charge in [-0.3, -0.25) is 4.79 Å². The van der Waals surface area contributed by atoms with Gasteiger partial charge in [0, 0.05) is 18.2 Å². The number of amides is 1. The molecule has 1 aromatic rings. The Labute approximate surface area is 91.3 Å². The molecule has 1 heterocycles. The molecule has 1 aliphatic heterocycles. The van der Waals surface area contributed by atoms with E-state index in [4.69, 9.17) is 0 Å². The van der Waals surface area contributed by atoms with E-state index in [2.05, 4.69) is 12.6 Å². The van der Waals surface area contributed by atoms with Gasteiger partial charge in [0.25, 0.3) is 0 Å². The molecule has 1 unspecified atom stereocenters. The summed E-state index contributed by atoms with van der Waals surface area (Å²) in [6.45, 7) is 0.322. The molecule has 2 rings (SSSR count). The second-order valence-electron chi connectivity index (χ2n) is 3.44. The number of thiol groups is 1. The van der Waals surface area contributed by atoms with Gasteiger partial charge in [0.2, 0.25) is 5.91 Å². The van der Waals surface area contributed by atoms with Gasteiger partial charge < -0.3 is 4.90 Å². The van der Waals surface area contributed by atoms with Crippen LogP contribution in [0.25, 0.3) is 0 Å². The molecule has 1 fully saturated rings. The van der Waals surface area contributed by atoms with Crippen LogP contribution < -0.4 is 4.90 Å². The average molecular weight is 229 g/mol. The van der Waals surface area contributed by atoms with Gasteiger partial charge in [-0.05, 0) is 12.1 Å². The van der Waals surface area contributed by atoms with Crippen molar-refractivity contribution in [2.75, 3.05) is 11.4 Å². The highest BCUT2D eigenvalue weighted by Crippen LogP contribution is 2.27. The zero-order valence-electron chi connectivity index (χ0n) is 7.78. The minimum absolute atomic E-state index is 0.00319. The van der Waals surface area contributed by atoms with Gasteiger partial charge in [0.1, 0.15) is 0 Å². The van der Waals surface area contributed by atoms with E-state index in [0.29, 0.717) is 6.54 Å². The summed E-state index contributed by atoms with van der Waals surface area (Å²) in [5, 5.41) is -0.111. The Hall–Kier alpha value is -1.10. The minimum Gasteiger partial charge on any atom is -0.308 e. The summed E-state index contributed by atoms with van der Waals surface area (Å²) in [7, 11) is 0. The second kappa shape index (κ2) is 3.81. The van der Waals surface area contributed by atoms with Crippen molar-refractivity contribution in [3.05, 3.63) is 29.8 Å². The van der Waals surface area contributed by atoms with Crippen molar-refractivity contribution in [3.8, 4) is 0 Å². The fourth-order valence-corrected chi connectivity index (χ4v) is 1.94. The first-order valence-electron chi connectivity index (χ1n) is 4.52. The first-order chi connectivity index (χ1) is 7.09. The molecule has 0 radical (unpaired) electrons. The molecule has 0 aromatic heterocycles. The molecule has 15 heavy (non-hydrogen) atoms. The van der Waals surface area contributed by atoms with Crippen molar-refractivity contribution in [3.63, 3.8) is 0 Å². The Morgan fingerprint density at radius 1 is 1.40 bits per heavy atom. The molecule has 1 amide bonds. The quantitative estimate of drug-likeness (QED) is 0.730. The van der Waals surface area contributed by atoms with E-state index in [9.17, 15) is 13.6 Å². The van der Waals surface area contributed by atoms with Gasteiger partial charge in [0.15, 0.2) is 11.6 Å². The summed E-state index contributed by atoms with van der Waals surface area (Å²) in [6, 6.07) is 3.80. The number of hydrogen-bond donors (Lipinski definition) is 1. The number of rotatable bonds is 1. The fraction of sp³-hybridized carbons (Fsp3) is 0.300. The lowest BCUT2D eigenvalue weighted by molar-refractivity contribution is -0.117. The van der Waals surface area contributed by atoms with E-state index < -0.39 is 11.6 Å². The lowest BCUT2D eigenvalue weighted by Crippen LogP contribution is -2.25. The number of benzene rings is 1. The van der Waals surface area contributed by atoms with E-state index in [0.717, 1.165) is 6.07 Å². The predicted octanol–water partition coefficient (Wildman–Crippen LogP) is 2.00. The average Bonchev–Trinajstić information content (AvgIpc) is 2.50. The van der Waals surface area contributed by atoms with Crippen LogP contribution in [0.2, 0.25) is 0 Å². The highest BCUT2D eigenvalue weighted by Gasteiger charge is 2.30. The summed E-state index contributed by atoms with van der Waals surface area (Å²) in [4.78, 5) is 12.7. The molecule has 2 nitrogen and oxygen atoms in total. The van der Waals surface area contributed by atoms with Crippen LogP contribution in [0.5, 0.6) is 0 Å². The van der Waals surface area contributed by atoms with Crippen LogP contribution in [-0.4, -0.2) is 17.7 Å². The molecule has 1 aromatic carbocycles. The van der Waals surface area contributed by atoms with Crippen molar-refractivity contribution >= 4 is 24.2 Å². The van der Waals surface area contributed by atoms with Gasteiger partial charge >= 0.3 is 0 Å². The van der Waals surface area contributed by atoms with Crippen LogP contribution in [0.1, 0.15) is 6.42 Å². The minimum atomic E-state index is -0.978. The van der Waals surface area contributed by atoms with Crippen LogP contribution in [0.4, 0.5) is 14.5 Å². The molecule has 0 bridgehead atoms. The maximum atomic E-state index is 13.4. The monoisotopic (exact) mass is 229 g/mol. The standard InChI is InChI=1S/C10H9F2NOS/c11-7-2-1-3-8(10(7)12)13-5-6(15)4-9(13)14/h1-3,6,15H,4-5H2. The summed E-state index contributed by atoms with van der Waals surface area (Å²) < 4.78 is 26.3. The number of halogens is 2. The van der Waals surface area contributed by atoms with Gasteiger partial charge in [-0.2, -0.15) is 12.6 Å². The van der Waals surface area contributed by atoms with E-state index in [1.807, 2.05) is 0 Å². The van der Waals surface area contributed by atoms with Crippen molar-refractivity contribution < 1.29 is 13.6 Å². The predicted molar refractivity (Wildman–Crippen MR) is 56.1 cm³/mol. The molecule has 1 saturated heterocycles. The summed E-state index contributed by atoms with van der Waals surface area (Å²) in [5.41, 5.74) is -0.00319. The highest BCUT2D eigenvalue weighted by molar-refractivity contribution is 7.81. The lowest BCUT2D eigenvalue weighted by atomic mass is 10.2. The summed E-state index contributed by atoms with van der Waals surface area (Å²) in [5.74, 6) is -2.14. The van der Waals surface area contributed by atoms with Crippen molar-refractivity contribution in [1.82, 2.24) is 0 Å². The molecule has 0 N–H and O–H groups in total. The number of carbonyl (C=O) groups is 1. The first kappa shape index (κ1) is 10.4. The van der Waals surface area contributed by atoms with Gasteiger partial charge in [0.05, 0.1) is 5.69 Å². The number of carbonyl (C=O) groups excluding carboxylic acids is 1. The topological polar surface area (TPSA) is 20.3 Å². The van der Waals surface area contributed by atoms with Gasteiger partial charge in [-0.15, -0.1) is 0 Å². The maximum Gasteiger partial charge on any atom is 0.228 e. The molecule has 0 spiro atoms. The number of hydrogen-bond acceptors (Lipinski definition) is 2. The normalized spacial score (nSPS) is 21.1. The number of anilines is 1. The Kier molecular flexibility index (Phi) is 2.65. The SMILES string of the molecule is O=C1CC(S)CN1c1cccc(F)c1F. The summed E-state index contributed by atoms with van der Waals surface area (Å²) in [6.07, 6.45) is 0.263. The third-order valence-electron chi connectivity index (χ3n) is 2.33. The van der Waals surface area contributed by atoms with Crippen LogP contribution in [0, 0.1) is 11.6 Å². The van der Waals surface area contributed by atoms with Crippen molar-refractivity contribution in [1.29, 1.82) is 0 Å². The van der Waals surface area contributed by atoms with E-state index in [1.54, 1.807) is 0 Å². The fourth-order valence-electron chi connectivity index (χ4n) is 1.62. The third kappa shape index (κ3) is 1.84. The lowest BCUT2D eigenvalue weighted by Gasteiger charge is -2.16. The molecule has 0 saturated carbocycles. The van der Waals surface area contributed by atoms with Crippen LogP contribution in [0.3, 0.4) is 0 Å². The Bertz CT molecular complexity index is 410. The molecule has 80 valence electrons. The summed E-state index contributed by atoms with van der Waals surface area (Å²) >= 11 is 4.14. The molecule has 1 atom stereocenters. The van der Waals surface area contributed by atoms with Crippen LogP contribution >= 0.6 is 12.6 Å².